The highest BCUT2D eigenvalue weighted by Gasteiger charge is 2.30. The first-order valence-electron chi connectivity index (χ1n) is 9.29. The number of nitrogens with zero attached hydrogens (tertiary/aromatic N) is 4. The van der Waals surface area contributed by atoms with Crippen LogP contribution in [0.3, 0.4) is 0 Å². The zero-order valence-corrected chi connectivity index (χ0v) is 18.0. The smallest absolute Gasteiger partial charge is 0.193 e. The Bertz CT molecular complexity index is 656. The maximum Gasteiger partial charge on any atom is 0.193 e. The molecule has 1 aliphatic rings. The van der Waals surface area contributed by atoms with Gasteiger partial charge in [-0.1, -0.05) is 43.7 Å². The average Bonchev–Trinajstić information content (AvgIpc) is 3.19. The number of hydrogen-bond acceptors (Lipinski definition) is 2. The quantitative estimate of drug-likeness (QED) is 0.416. The molecule has 1 aromatic heterocycles. The Morgan fingerprint density at radius 2 is 2.08 bits per heavy atom. The molecule has 26 heavy (non-hydrogen) atoms. The molecule has 142 valence electrons. The van der Waals surface area contributed by atoms with Gasteiger partial charge in [0.2, 0.25) is 0 Å². The van der Waals surface area contributed by atoms with E-state index in [1.54, 1.807) is 0 Å². The second-order valence-electron chi connectivity index (χ2n) is 6.66. The van der Waals surface area contributed by atoms with E-state index in [4.69, 9.17) is 0 Å². The molecule has 0 bridgehead atoms. The van der Waals surface area contributed by atoms with Gasteiger partial charge in [-0.05, 0) is 29.9 Å². The van der Waals surface area contributed by atoms with Crippen LogP contribution < -0.4 is 5.32 Å². The van der Waals surface area contributed by atoms with Gasteiger partial charge in [0.15, 0.2) is 5.96 Å². The molecule has 1 fully saturated rings. The molecular formula is C20H30IN5. The van der Waals surface area contributed by atoms with Crippen molar-refractivity contribution >= 4 is 29.9 Å². The summed E-state index contributed by atoms with van der Waals surface area (Å²) in [6.07, 6.45) is 6.18. The lowest BCUT2D eigenvalue weighted by Gasteiger charge is -2.40. The molecule has 2 aromatic rings. The monoisotopic (exact) mass is 467 g/mol. The molecular weight excluding hydrogens is 437 g/mol. The fraction of sp³-hybridized carbons (Fsp3) is 0.500. The van der Waals surface area contributed by atoms with Gasteiger partial charge in [-0.3, -0.25) is 9.67 Å². The number of piperidine rings is 1. The number of likely N-dealkylation sites (tertiary alicyclic amines) is 1. The first-order chi connectivity index (χ1) is 12.3. The van der Waals surface area contributed by atoms with Crippen LogP contribution >= 0.6 is 24.0 Å². The topological polar surface area (TPSA) is 45.5 Å². The maximum absolute atomic E-state index is 4.50. The number of hydrogen-bond donors (Lipinski definition) is 1. The van der Waals surface area contributed by atoms with Crippen molar-refractivity contribution in [2.24, 2.45) is 10.9 Å². The third-order valence-electron chi connectivity index (χ3n) is 5.18. The highest BCUT2D eigenvalue weighted by atomic mass is 127. The fourth-order valence-corrected chi connectivity index (χ4v) is 3.82. The van der Waals surface area contributed by atoms with E-state index in [1.165, 1.54) is 18.4 Å². The molecule has 0 saturated carbocycles. The summed E-state index contributed by atoms with van der Waals surface area (Å²) in [5.41, 5.74) is 1.48. The SMILES string of the molecule is CCC1CN(C(=NC)NCCn2cccn2)CCC1c1ccccc1.I. The van der Waals surface area contributed by atoms with E-state index in [1.807, 2.05) is 30.2 Å². The largest absolute Gasteiger partial charge is 0.354 e. The summed E-state index contributed by atoms with van der Waals surface area (Å²) in [4.78, 5) is 6.91. The summed E-state index contributed by atoms with van der Waals surface area (Å²) in [5, 5.41) is 7.74. The Kier molecular flexibility index (Phi) is 8.41. The van der Waals surface area contributed by atoms with Crippen LogP contribution in [0.25, 0.3) is 0 Å². The molecule has 3 rings (SSSR count). The van der Waals surface area contributed by atoms with Gasteiger partial charge < -0.3 is 10.2 Å². The second-order valence-corrected chi connectivity index (χ2v) is 6.66. The van der Waals surface area contributed by atoms with Gasteiger partial charge in [-0.25, -0.2) is 0 Å². The lowest BCUT2D eigenvalue weighted by Crippen LogP contribution is -2.49. The first-order valence-corrected chi connectivity index (χ1v) is 9.29. The number of aromatic nitrogens is 2. The summed E-state index contributed by atoms with van der Waals surface area (Å²) in [6.45, 7) is 6.11. The highest BCUT2D eigenvalue weighted by molar-refractivity contribution is 14.0. The molecule has 1 aromatic carbocycles. The minimum atomic E-state index is 0. The third-order valence-corrected chi connectivity index (χ3v) is 5.18. The van der Waals surface area contributed by atoms with Crippen LogP contribution in [0.5, 0.6) is 0 Å². The van der Waals surface area contributed by atoms with Crippen LogP contribution in [-0.2, 0) is 6.54 Å². The average molecular weight is 467 g/mol. The maximum atomic E-state index is 4.50. The van der Waals surface area contributed by atoms with E-state index in [2.05, 4.69) is 57.6 Å². The van der Waals surface area contributed by atoms with E-state index in [0.29, 0.717) is 11.8 Å². The molecule has 2 atom stereocenters. The van der Waals surface area contributed by atoms with E-state index in [-0.39, 0.29) is 24.0 Å². The minimum Gasteiger partial charge on any atom is -0.354 e. The van der Waals surface area contributed by atoms with E-state index >= 15 is 0 Å². The molecule has 1 saturated heterocycles. The number of guanidine groups is 1. The minimum absolute atomic E-state index is 0. The molecule has 0 spiro atoms. The number of nitrogens with one attached hydrogen (secondary N) is 1. The van der Waals surface area contributed by atoms with Crippen LogP contribution in [0.1, 0.15) is 31.2 Å². The zero-order valence-electron chi connectivity index (χ0n) is 15.7. The Balaban J connectivity index is 0.00000243. The zero-order chi connectivity index (χ0) is 17.5. The van der Waals surface area contributed by atoms with Crippen LogP contribution in [0, 0.1) is 5.92 Å². The Labute approximate surface area is 173 Å². The van der Waals surface area contributed by atoms with Crippen LogP contribution in [0.4, 0.5) is 0 Å². The standard InChI is InChI=1S/C20H29N5.HI/c1-3-17-16-24(14-10-19(17)18-8-5-4-6-9-18)20(21-2)22-12-15-25-13-7-11-23-25;/h4-9,11,13,17,19H,3,10,12,14-16H2,1-2H3,(H,21,22);1H. The lowest BCUT2D eigenvalue weighted by atomic mass is 9.79. The van der Waals surface area contributed by atoms with Gasteiger partial charge in [0, 0.05) is 39.1 Å². The Morgan fingerprint density at radius 1 is 1.27 bits per heavy atom. The van der Waals surface area contributed by atoms with Gasteiger partial charge in [0.05, 0.1) is 6.54 Å². The normalized spacial score (nSPS) is 20.5. The van der Waals surface area contributed by atoms with Crippen LogP contribution in [0.15, 0.2) is 53.8 Å². The fourth-order valence-electron chi connectivity index (χ4n) is 3.82. The van der Waals surface area contributed by atoms with Gasteiger partial charge in [-0.2, -0.15) is 5.10 Å². The van der Waals surface area contributed by atoms with E-state index in [0.717, 1.165) is 32.1 Å². The van der Waals surface area contributed by atoms with E-state index < -0.39 is 0 Å². The van der Waals surface area contributed by atoms with Crippen LogP contribution in [0.2, 0.25) is 0 Å². The number of halogens is 1. The van der Waals surface area contributed by atoms with Gasteiger partial charge in [-0.15, -0.1) is 24.0 Å². The molecule has 6 heteroatoms. The van der Waals surface area contributed by atoms with Gasteiger partial charge >= 0.3 is 0 Å². The van der Waals surface area contributed by atoms with Crippen molar-refractivity contribution in [2.45, 2.75) is 32.2 Å². The molecule has 1 N–H and O–H groups in total. The van der Waals surface area contributed by atoms with E-state index in [9.17, 15) is 0 Å². The van der Waals surface area contributed by atoms with Crippen molar-refractivity contribution in [3.8, 4) is 0 Å². The first kappa shape index (κ1) is 20.7. The predicted molar refractivity (Wildman–Crippen MR) is 118 cm³/mol. The molecule has 2 heterocycles. The van der Waals surface area contributed by atoms with Crippen molar-refractivity contribution in [3.05, 3.63) is 54.4 Å². The number of aliphatic imine (C=N–C) groups is 1. The van der Waals surface area contributed by atoms with Crippen LogP contribution in [-0.4, -0.2) is 47.3 Å². The molecule has 1 aliphatic heterocycles. The summed E-state index contributed by atoms with van der Waals surface area (Å²) in [7, 11) is 1.88. The van der Waals surface area contributed by atoms with Crippen molar-refractivity contribution < 1.29 is 0 Å². The summed E-state index contributed by atoms with van der Waals surface area (Å²) in [6, 6.07) is 12.9. The van der Waals surface area contributed by atoms with Gasteiger partial charge in [0.25, 0.3) is 0 Å². The number of benzene rings is 1. The molecule has 0 radical (unpaired) electrons. The van der Waals surface area contributed by atoms with Gasteiger partial charge in [0.1, 0.15) is 0 Å². The molecule has 5 nitrogen and oxygen atoms in total. The lowest BCUT2D eigenvalue weighted by molar-refractivity contribution is 0.215. The third kappa shape index (κ3) is 5.22. The summed E-state index contributed by atoms with van der Waals surface area (Å²) >= 11 is 0. The van der Waals surface area contributed by atoms with Crippen molar-refractivity contribution in [1.29, 1.82) is 0 Å². The van der Waals surface area contributed by atoms with Crippen molar-refractivity contribution in [1.82, 2.24) is 20.0 Å². The molecule has 0 aliphatic carbocycles. The number of rotatable bonds is 5. The Morgan fingerprint density at radius 3 is 2.73 bits per heavy atom. The molecule has 0 amide bonds. The summed E-state index contributed by atoms with van der Waals surface area (Å²) < 4.78 is 1.94. The predicted octanol–water partition coefficient (Wildman–Crippen LogP) is 3.59. The Hall–Kier alpha value is -1.57. The second kappa shape index (κ2) is 10.5. The van der Waals surface area contributed by atoms with Crippen molar-refractivity contribution in [3.63, 3.8) is 0 Å². The van der Waals surface area contributed by atoms with Crippen molar-refractivity contribution in [2.75, 3.05) is 26.7 Å². The molecule has 2 unspecified atom stereocenters. The highest BCUT2D eigenvalue weighted by Crippen LogP contribution is 2.34. The summed E-state index contributed by atoms with van der Waals surface area (Å²) in [5.74, 6) is 2.34.